The van der Waals surface area contributed by atoms with Crippen molar-refractivity contribution in [3.63, 3.8) is 0 Å². The maximum atomic E-state index is 12.7. The number of carboxylic acids is 1. The Morgan fingerprint density at radius 2 is 1.50 bits per heavy atom. The Morgan fingerprint density at radius 3 is 2.06 bits per heavy atom. The van der Waals surface area contributed by atoms with Crippen molar-refractivity contribution < 1.29 is 28.0 Å². The van der Waals surface area contributed by atoms with Crippen molar-refractivity contribution in [2.45, 2.75) is 23.8 Å². The Hall–Kier alpha value is -4.09. The van der Waals surface area contributed by atoms with Crippen molar-refractivity contribution in [1.82, 2.24) is 4.72 Å². The standard InChI is InChI=1S/C23H21N3O7S/c27-22(24-18-8-10-19(11-9-18)26(30)31)15-14-21(23(28)29)25-34(32,33)20-12-6-17(7-13-20)16-4-2-1-3-5-16/h1-13,21,25H,14-15H2,(H,24,27)(H,28,29). The summed E-state index contributed by atoms with van der Waals surface area (Å²) in [7, 11) is -4.15. The van der Waals surface area contributed by atoms with Crippen LogP contribution in [0, 0.1) is 10.1 Å². The van der Waals surface area contributed by atoms with Crippen molar-refractivity contribution >= 4 is 33.3 Å². The van der Waals surface area contributed by atoms with Gasteiger partial charge < -0.3 is 10.4 Å². The predicted octanol–water partition coefficient (Wildman–Crippen LogP) is 3.41. The molecule has 0 aliphatic rings. The fraction of sp³-hybridized carbons (Fsp3) is 0.130. The highest BCUT2D eigenvalue weighted by atomic mass is 32.2. The molecule has 0 bridgehead atoms. The van der Waals surface area contributed by atoms with E-state index in [1.54, 1.807) is 12.1 Å². The van der Waals surface area contributed by atoms with Gasteiger partial charge >= 0.3 is 5.97 Å². The molecule has 3 aromatic rings. The zero-order valence-electron chi connectivity index (χ0n) is 17.7. The first kappa shape index (κ1) is 24.6. The summed E-state index contributed by atoms with van der Waals surface area (Å²) >= 11 is 0. The summed E-state index contributed by atoms with van der Waals surface area (Å²) in [4.78, 5) is 33.7. The van der Waals surface area contributed by atoms with Gasteiger partial charge in [-0.15, -0.1) is 0 Å². The Labute approximate surface area is 195 Å². The van der Waals surface area contributed by atoms with E-state index in [1.807, 2.05) is 30.3 Å². The average Bonchev–Trinajstić information content (AvgIpc) is 2.82. The number of sulfonamides is 1. The van der Waals surface area contributed by atoms with Crippen LogP contribution in [0.1, 0.15) is 12.8 Å². The van der Waals surface area contributed by atoms with Gasteiger partial charge in [-0.2, -0.15) is 4.72 Å². The van der Waals surface area contributed by atoms with E-state index in [4.69, 9.17) is 0 Å². The van der Waals surface area contributed by atoms with Gasteiger partial charge in [0, 0.05) is 24.2 Å². The minimum Gasteiger partial charge on any atom is -0.480 e. The van der Waals surface area contributed by atoms with Gasteiger partial charge in [-0.05, 0) is 41.8 Å². The van der Waals surface area contributed by atoms with E-state index in [9.17, 15) is 33.2 Å². The molecule has 0 fully saturated rings. The van der Waals surface area contributed by atoms with Crippen LogP contribution in [0.5, 0.6) is 0 Å². The second-order valence-corrected chi connectivity index (χ2v) is 9.01. The third kappa shape index (κ3) is 6.47. The lowest BCUT2D eigenvalue weighted by atomic mass is 10.1. The second-order valence-electron chi connectivity index (χ2n) is 7.29. The van der Waals surface area contributed by atoms with Gasteiger partial charge in [-0.3, -0.25) is 19.7 Å². The summed E-state index contributed by atoms with van der Waals surface area (Å²) in [5.74, 6) is -1.99. The summed E-state index contributed by atoms with van der Waals surface area (Å²) in [5, 5.41) is 22.6. The van der Waals surface area contributed by atoms with E-state index in [1.165, 1.54) is 36.4 Å². The van der Waals surface area contributed by atoms with Crippen molar-refractivity contribution in [2.75, 3.05) is 5.32 Å². The number of carbonyl (C=O) groups is 2. The fourth-order valence-corrected chi connectivity index (χ4v) is 4.33. The molecule has 0 heterocycles. The molecule has 11 heteroatoms. The molecule has 10 nitrogen and oxygen atoms in total. The number of rotatable bonds is 10. The van der Waals surface area contributed by atoms with E-state index in [-0.39, 0.29) is 23.4 Å². The van der Waals surface area contributed by atoms with Crippen LogP contribution in [-0.4, -0.2) is 36.4 Å². The zero-order chi connectivity index (χ0) is 24.7. The second kappa shape index (κ2) is 10.7. The van der Waals surface area contributed by atoms with Gasteiger partial charge in [0.2, 0.25) is 15.9 Å². The molecule has 1 unspecified atom stereocenters. The van der Waals surface area contributed by atoms with Gasteiger partial charge in [0.25, 0.3) is 5.69 Å². The van der Waals surface area contributed by atoms with Gasteiger partial charge in [0.1, 0.15) is 6.04 Å². The molecular weight excluding hydrogens is 462 g/mol. The van der Waals surface area contributed by atoms with Crippen molar-refractivity contribution in [3.05, 3.63) is 89.0 Å². The highest BCUT2D eigenvalue weighted by molar-refractivity contribution is 7.89. The summed E-state index contributed by atoms with van der Waals surface area (Å²) < 4.78 is 27.5. The van der Waals surface area contributed by atoms with Crippen molar-refractivity contribution in [2.24, 2.45) is 0 Å². The highest BCUT2D eigenvalue weighted by Gasteiger charge is 2.26. The zero-order valence-corrected chi connectivity index (χ0v) is 18.6. The number of nitrogens with zero attached hydrogens (tertiary/aromatic N) is 1. The molecule has 1 atom stereocenters. The summed E-state index contributed by atoms with van der Waals surface area (Å²) in [5.41, 5.74) is 1.86. The number of carboxylic acid groups (broad SMARTS) is 1. The van der Waals surface area contributed by atoms with E-state index in [0.29, 0.717) is 5.69 Å². The topological polar surface area (TPSA) is 156 Å². The average molecular weight is 484 g/mol. The number of amides is 1. The van der Waals surface area contributed by atoms with Crippen LogP contribution in [0.4, 0.5) is 11.4 Å². The molecule has 0 aromatic heterocycles. The molecule has 3 N–H and O–H groups in total. The van der Waals surface area contributed by atoms with Gasteiger partial charge in [-0.25, -0.2) is 8.42 Å². The molecule has 34 heavy (non-hydrogen) atoms. The summed E-state index contributed by atoms with van der Waals surface area (Å²) in [6.45, 7) is 0. The molecular formula is C23H21N3O7S. The van der Waals surface area contributed by atoms with E-state index in [0.717, 1.165) is 11.1 Å². The van der Waals surface area contributed by atoms with Crippen LogP contribution in [0.25, 0.3) is 11.1 Å². The number of hydrogen-bond acceptors (Lipinski definition) is 6. The monoisotopic (exact) mass is 483 g/mol. The number of nitrogens with one attached hydrogen (secondary N) is 2. The Morgan fingerprint density at radius 1 is 0.912 bits per heavy atom. The number of nitro groups is 1. The van der Waals surface area contributed by atoms with Crippen molar-refractivity contribution in [3.8, 4) is 11.1 Å². The molecule has 0 saturated heterocycles. The number of benzene rings is 3. The SMILES string of the molecule is O=C(CCC(NS(=O)(=O)c1ccc(-c2ccccc2)cc1)C(=O)O)Nc1ccc([N+](=O)[O-])cc1. The van der Waals surface area contributed by atoms with E-state index in [2.05, 4.69) is 10.0 Å². The summed E-state index contributed by atoms with van der Waals surface area (Å²) in [6, 6.07) is 18.9. The Balaban J connectivity index is 1.61. The Kier molecular flexibility index (Phi) is 7.71. The number of nitro benzene ring substituents is 1. The molecule has 1 amide bonds. The lowest BCUT2D eigenvalue weighted by molar-refractivity contribution is -0.384. The molecule has 0 radical (unpaired) electrons. The van der Waals surface area contributed by atoms with Gasteiger partial charge in [0.15, 0.2) is 0 Å². The highest BCUT2D eigenvalue weighted by Crippen LogP contribution is 2.21. The minimum atomic E-state index is -4.15. The predicted molar refractivity (Wildman–Crippen MR) is 125 cm³/mol. The number of carbonyl (C=O) groups excluding carboxylic acids is 1. The largest absolute Gasteiger partial charge is 0.480 e. The molecule has 3 aromatic carbocycles. The van der Waals surface area contributed by atoms with Crippen molar-refractivity contribution in [1.29, 1.82) is 0 Å². The maximum Gasteiger partial charge on any atom is 0.321 e. The third-order valence-electron chi connectivity index (χ3n) is 4.89. The van der Waals surface area contributed by atoms with E-state index < -0.39 is 32.9 Å². The maximum absolute atomic E-state index is 12.7. The Bertz CT molecular complexity index is 1280. The lowest BCUT2D eigenvalue weighted by Gasteiger charge is -2.15. The lowest BCUT2D eigenvalue weighted by Crippen LogP contribution is -2.41. The quantitative estimate of drug-likeness (QED) is 0.295. The van der Waals surface area contributed by atoms with Gasteiger partial charge in [0.05, 0.1) is 9.82 Å². The van der Waals surface area contributed by atoms with Crippen LogP contribution >= 0.6 is 0 Å². The minimum absolute atomic E-state index is 0.103. The fourth-order valence-electron chi connectivity index (χ4n) is 3.11. The molecule has 0 aliphatic heterocycles. The van der Waals surface area contributed by atoms with Crippen LogP contribution in [0.2, 0.25) is 0 Å². The first-order valence-electron chi connectivity index (χ1n) is 10.1. The van der Waals surface area contributed by atoms with Crippen LogP contribution in [0.15, 0.2) is 83.8 Å². The smallest absolute Gasteiger partial charge is 0.321 e. The first-order valence-corrected chi connectivity index (χ1v) is 11.6. The third-order valence-corrected chi connectivity index (χ3v) is 6.38. The van der Waals surface area contributed by atoms with E-state index >= 15 is 0 Å². The van der Waals surface area contributed by atoms with Crippen LogP contribution in [-0.2, 0) is 19.6 Å². The number of hydrogen-bond donors (Lipinski definition) is 3. The summed E-state index contributed by atoms with van der Waals surface area (Å²) in [6.07, 6.45) is -0.584. The first-order chi connectivity index (χ1) is 16.2. The normalized spacial score (nSPS) is 12.0. The van der Waals surface area contributed by atoms with Gasteiger partial charge in [-0.1, -0.05) is 42.5 Å². The number of aliphatic carboxylic acids is 1. The molecule has 0 spiro atoms. The molecule has 0 aliphatic carbocycles. The number of anilines is 1. The number of non-ortho nitro benzene ring substituents is 1. The molecule has 0 saturated carbocycles. The van der Waals surface area contributed by atoms with Crippen LogP contribution in [0.3, 0.4) is 0 Å². The van der Waals surface area contributed by atoms with Crippen LogP contribution < -0.4 is 10.0 Å². The molecule has 176 valence electrons. The molecule has 3 rings (SSSR count).